The van der Waals surface area contributed by atoms with Gasteiger partial charge in [-0.2, -0.15) is 26.3 Å². The summed E-state index contributed by atoms with van der Waals surface area (Å²) in [5.41, 5.74) is 6.20. The van der Waals surface area contributed by atoms with E-state index >= 15 is 0 Å². The Labute approximate surface area is 339 Å². The van der Waals surface area contributed by atoms with Crippen molar-refractivity contribution in [2.24, 2.45) is 0 Å². The zero-order valence-electron chi connectivity index (χ0n) is 30.3. The molecule has 0 spiro atoms. The molecule has 0 saturated carbocycles. The van der Waals surface area contributed by atoms with Gasteiger partial charge in [-0.05, 0) is 96.5 Å². The average molecular weight is 840 g/mol. The lowest BCUT2D eigenvalue weighted by Crippen LogP contribution is -2.20. The summed E-state index contributed by atoms with van der Waals surface area (Å²) in [4.78, 5) is 16.7. The van der Waals surface area contributed by atoms with Gasteiger partial charge in [0, 0.05) is 57.5 Å². The monoisotopic (exact) mass is 838 g/mol. The highest BCUT2D eigenvalue weighted by atomic mass is 35.5. The van der Waals surface area contributed by atoms with Crippen LogP contribution in [-0.4, -0.2) is 42.4 Å². The molecule has 16 heteroatoms. The zero-order chi connectivity index (χ0) is 41.2. The van der Waals surface area contributed by atoms with E-state index in [4.69, 9.17) is 23.2 Å². The van der Waals surface area contributed by atoms with Gasteiger partial charge in [0.25, 0.3) is 0 Å². The van der Waals surface area contributed by atoms with E-state index in [0.29, 0.717) is 82.7 Å². The van der Waals surface area contributed by atoms with E-state index in [2.05, 4.69) is 30.6 Å². The Morgan fingerprint density at radius 2 is 0.897 bits per heavy atom. The third-order valence-corrected chi connectivity index (χ3v) is 10.7. The zero-order valence-corrected chi connectivity index (χ0v) is 31.9. The molecule has 8 rings (SSSR count). The van der Waals surface area contributed by atoms with E-state index in [1.54, 1.807) is 24.3 Å². The molecule has 2 heterocycles. The van der Waals surface area contributed by atoms with E-state index < -0.39 is 35.7 Å². The maximum atomic E-state index is 12.8. The summed E-state index contributed by atoms with van der Waals surface area (Å²) in [6, 6.07) is 20.3. The number of benzene rings is 4. The number of nitrogens with one attached hydrogen (secondary N) is 2. The molecule has 2 aliphatic rings. The second-order valence-corrected chi connectivity index (χ2v) is 14.7. The summed E-state index contributed by atoms with van der Waals surface area (Å²) < 4.78 is 76.6. The van der Waals surface area contributed by atoms with Gasteiger partial charge in [0.05, 0.1) is 34.7 Å². The predicted molar refractivity (Wildman–Crippen MR) is 210 cm³/mol. The Bertz CT molecular complexity index is 2250. The molecule has 4 N–H and O–H groups in total. The fraction of sp³-hybridized carbons (Fsp3) is 0.238. The van der Waals surface area contributed by atoms with Crippen molar-refractivity contribution in [3.05, 3.63) is 141 Å². The van der Waals surface area contributed by atoms with Crippen LogP contribution in [0, 0.1) is 0 Å². The molecule has 6 aromatic rings. The van der Waals surface area contributed by atoms with Crippen LogP contribution in [0.1, 0.15) is 46.2 Å². The molecular weight excluding hydrogens is 805 g/mol. The minimum Gasteiger partial charge on any atom is -0.393 e. The summed E-state index contributed by atoms with van der Waals surface area (Å²) in [6.45, 7) is 0. The van der Waals surface area contributed by atoms with Crippen LogP contribution in [0.4, 0.5) is 49.4 Å². The standard InChI is InChI=1S/2C21H17ClF3N3O/c2*22-17-7-8-18(16-9-14(29)5-6-15(16)17)28-20-10-19(26-11-27-20)12-1-3-13(4-2-12)21(23,24)25/h2*1-4,7-8,10-11,14,29H,5-6,9H2,(H,26,27,28)/t2*14-/m10/s1. The number of halogens is 8. The molecule has 2 atom stereocenters. The maximum absolute atomic E-state index is 12.8. The van der Waals surface area contributed by atoms with Gasteiger partial charge < -0.3 is 20.8 Å². The summed E-state index contributed by atoms with van der Waals surface area (Å²) in [6.07, 6.45) is -3.17. The summed E-state index contributed by atoms with van der Waals surface area (Å²) in [5.74, 6) is 0.999. The maximum Gasteiger partial charge on any atom is 0.416 e. The lowest BCUT2D eigenvalue weighted by atomic mass is 9.88. The molecule has 0 radical (unpaired) electrons. The van der Waals surface area contributed by atoms with Crippen LogP contribution in [-0.2, 0) is 38.0 Å². The van der Waals surface area contributed by atoms with Crippen molar-refractivity contribution in [3.8, 4) is 22.5 Å². The lowest BCUT2D eigenvalue weighted by molar-refractivity contribution is -0.138. The van der Waals surface area contributed by atoms with Crippen LogP contribution < -0.4 is 10.6 Å². The Kier molecular flexibility index (Phi) is 11.9. The molecule has 2 aliphatic carbocycles. The van der Waals surface area contributed by atoms with Gasteiger partial charge in [0.2, 0.25) is 0 Å². The Morgan fingerprint density at radius 1 is 0.517 bits per heavy atom. The predicted octanol–water partition coefficient (Wildman–Crippen LogP) is 10.8. The summed E-state index contributed by atoms with van der Waals surface area (Å²) in [7, 11) is 0. The van der Waals surface area contributed by atoms with Gasteiger partial charge in [0.1, 0.15) is 24.3 Å². The fourth-order valence-electron chi connectivity index (χ4n) is 6.97. The smallest absolute Gasteiger partial charge is 0.393 e. The number of hydrogen-bond donors (Lipinski definition) is 4. The number of anilines is 4. The first kappa shape index (κ1) is 40.9. The van der Waals surface area contributed by atoms with Crippen molar-refractivity contribution < 1.29 is 36.6 Å². The number of alkyl halides is 6. The Hall–Kier alpha value is -5.28. The molecule has 58 heavy (non-hydrogen) atoms. The number of rotatable bonds is 6. The van der Waals surface area contributed by atoms with E-state index in [-0.39, 0.29) is 0 Å². The first-order chi connectivity index (χ1) is 27.6. The number of fused-ring (bicyclic) bond motifs is 2. The van der Waals surface area contributed by atoms with Crippen molar-refractivity contribution in [2.45, 2.75) is 63.1 Å². The molecule has 8 nitrogen and oxygen atoms in total. The highest BCUT2D eigenvalue weighted by Gasteiger charge is 2.31. The molecule has 4 aromatic carbocycles. The summed E-state index contributed by atoms with van der Waals surface area (Å²) in [5, 5.41) is 27.9. The lowest BCUT2D eigenvalue weighted by Gasteiger charge is -2.24. The van der Waals surface area contributed by atoms with Crippen LogP contribution in [0.5, 0.6) is 0 Å². The number of hydrogen-bond acceptors (Lipinski definition) is 8. The first-order valence-electron chi connectivity index (χ1n) is 18.1. The topological polar surface area (TPSA) is 116 Å². The number of aliphatic hydroxyl groups is 2. The molecule has 0 saturated heterocycles. The van der Waals surface area contributed by atoms with Crippen molar-refractivity contribution in [1.29, 1.82) is 0 Å². The quantitative estimate of drug-likeness (QED) is 0.123. The van der Waals surface area contributed by atoms with Crippen LogP contribution in [0.3, 0.4) is 0 Å². The molecule has 0 amide bonds. The highest BCUT2D eigenvalue weighted by molar-refractivity contribution is 6.32. The van der Waals surface area contributed by atoms with Crippen molar-refractivity contribution in [2.75, 3.05) is 10.6 Å². The van der Waals surface area contributed by atoms with Crippen LogP contribution in [0.2, 0.25) is 10.0 Å². The Balaban J connectivity index is 0.000000177. The Morgan fingerprint density at radius 3 is 1.26 bits per heavy atom. The van der Waals surface area contributed by atoms with Gasteiger partial charge in [-0.3, -0.25) is 0 Å². The van der Waals surface area contributed by atoms with E-state index in [0.717, 1.165) is 57.9 Å². The van der Waals surface area contributed by atoms with E-state index in [1.807, 2.05) is 12.1 Å². The number of nitrogens with zero attached hydrogens (tertiary/aromatic N) is 4. The van der Waals surface area contributed by atoms with Crippen molar-refractivity contribution in [3.63, 3.8) is 0 Å². The van der Waals surface area contributed by atoms with Gasteiger partial charge >= 0.3 is 12.4 Å². The molecular formula is C42H34Cl2F6N6O2. The van der Waals surface area contributed by atoms with Crippen molar-refractivity contribution in [1.82, 2.24) is 19.9 Å². The molecule has 2 aromatic heterocycles. The second-order valence-electron chi connectivity index (χ2n) is 13.9. The average Bonchev–Trinajstić information content (AvgIpc) is 3.20. The molecule has 0 unspecified atom stereocenters. The van der Waals surface area contributed by atoms with Crippen molar-refractivity contribution >= 4 is 46.2 Å². The van der Waals surface area contributed by atoms with Gasteiger partial charge in [0.15, 0.2) is 0 Å². The van der Waals surface area contributed by atoms with Crippen LogP contribution in [0.15, 0.2) is 97.6 Å². The largest absolute Gasteiger partial charge is 0.416 e. The second kappa shape index (κ2) is 16.9. The third-order valence-electron chi connectivity index (χ3n) is 9.96. The normalized spacial score (nSPS) is 16.4. The molecule has 0 aliphatic heterocycles. The SMILES string of the molecule is O[C@@H]1CCc2c(Cl)ccc(Nc3cc(-c4ccc(C(F)(F)F)cc4)ncn3)c2C1.O[C@H]1CCc2c(Cl)ccc(Nc3cc(-c4ccc(C(F)(F)F)cc4)ncn3)c2C1. The number of aromatic nitrogens is 4. The minimum atomic E-state index is -4.38. The van der Waals surface area contributed by atoms with E-state index in [1.165, 1.54) is 36.9 Å². The fourth-order valence-corrected chi connectivity index (χ4v) is 7.51. The van der Waals surface area contributed by atoms with Gasteiger partial charge in [-0.1, -0.05) is 47.5 Å². The minimum absolute atomic E-state index is 0.422. The third kappa shape index (κ3) is 9.53. The van der Waals surface area contributed by atoms with E-state index in [9.17, 15) is 36.6 Å². The molecule has 0 fully saturated rings. The highest BCUT2D eigenvalue weighted by Crippen LogP contribution is 2.37. The first-order valence-corrected chi connectivity index (χ1v) is 18.9. The van der Waals surface area contributed by atoms with Gasteiger partial charge in [-0.25, -0.2) is 19.9 Å². The molecule has 300 valence electrons. The number of aliphatic hydroxyl groups excluding tert-OH is 2. The van der Waals surface area contributed by atoms with Gasteiger partial charge in [-0.15, -0.1) is 0 Å². The summed E-state index contributed by atoms with van der Waals surface area (Å²) >= 11 is 12.6. The van der Waals surface area contributed by atoms with Crippen LogP contribution >= 0.6 is 23.2 Å². The molecule has 0 bridgehead atoms. The van der Waals surface area contributed by atoms with Crippen LogP contribution in [0.25, 0.3) is 22.5 Å².